The normalized spacial score (nSPS) is 10.4. The number of aryl methyl sites for hydroxylation is 2. The highest BCUT2D eigenvalue weighted by molar-refractivity contribution is 5.39. The van der Waals surface area contributed by atoms with E-state index in [0.29, 0.717) is 13.2 Å². The summed E-state index contributed by atoms with van der Waals surface area (Å²) < 4.78 is 11.5. The van der Waals surface area contributed by atoms with Crippen molar-refractivity contribution in [2.45, 2.75) is 20.4 Å². The topological polar surface area (TPSA) is 30.5 Å². The quantitative estimate of drug-likeness (QED) is 0.790. The summed E-state index contributed by atoms with van der Waals surface area (Å²) in [7, 11) is 1.94. The lowest BCUT2D eigenvalue weighted by molar-refractivity contribution is 0.215. The molecule has 21 heavy (non-hydrogen) atoms. The first-order chi connectivity index (χ1) is 10.2. The van der Waals surface area contributed by atoms with Crippen LogP contribution in [0, 0.1) is 13.8 Å². The summed E-state index contributed by atoms with van der Waals surface area (Å²) in [6.07, 6.45) is 0. The van der Waals surface area contributed by atoms with Gasteiger partial charge in [0.25, 0.3) is 0 Å². The number of benzene rings is 2. The van der Waals surface area contributed by atoms with Crippen molar-refractivity contribution in [1.29, 1.82) is 0 Å². The van der Waals surface area contributed by atoms with Crippen LogP contribution in [0.25, 0.3) is 0 Å². The lowest BCUT2D eigenvalue weighted by Crippen LogP contribution is -2.10. The molecule has 0 radical (unpaired) electrons. The zero-order valence-corrected chi connectivity index (χ0v) is 13.0. The Morgan fingerprint density at radius 3 is 2.10 bits per heavy atom. The van der Waals surface area contributed by atoms with Gasteiger partial charge in [-0.2, -0.15) is 0 Å². The lowest BCUT2D eigenvalue weighted by atomic mass is 10.1. The second-order valence-electron chi connectivity index (χ2n) is 5.09. The molecule has 3 heteroatoms. The van der Waals surface area contributed by atoms with Crippen LogP contribution in [0.15, 0.2) is 42.5 Å². The maximum Gasteiger partial charge on any atom is 0.125 e. The van der Waals surface area contributed by atoms with Crippen LogP contribution < -0.4 is 14.8 Å². The minimum atomic E-state index is 0.541. The molecule has 0 saturated carbocycles. The van der Waals surface area contributed by atoms with Crippen LogP contribution in [0.5, 0.6) is 11.5 Å². The van der Waals surface area contributed by atoms with Crippen LogP contribution in [0.1, 0.15) is 16.7 Å². The van der Waals surface area contributed by atoms with Gasteiger partial charge in [-0.1, -0.05) is 30.3 Å². The second-order valence-corrected chi connectivity index (χ2v) is 5.09. The average Bonchev–Trinajstić information content (AvgIpc) is 2.48. The highest BCUT2D eigenvalue weighted by atomic mass is 16.5. The third kappa shape index (κ3) is 4.50. The molecule has 3 nitrogen and oxygen atoms in total. The first-order valence-corrected chi connectivity index (χ1v) is 7.26. The van der Waals surface area contributed by atoms with Crippen LogP contribution in [0.4, 0.5) is 0 Å². The van der Waals surface area contributed by atoms with E-state index >= 15 is 0 Å². The van der Waals surface area contributed by atoms with Crippen molar-refractivity contribution in [1.82, 2.24) is 5.32 Å². The molecule has 0 fully saturated rings. The number of hydrogen-bond donors (Lipinski definition) is 1. The lowest BCUT2D eigenvalue weighted by Gasteiger charge is -2.12. The van der Waals surface area contributed by atoms with Gasteiger partial charge in [-0.05, 0) is 49.7 Å². The summed E-state index contributed by atoms with van der Waals surface area (Å²) in [4.78, 5) is 0. The van der Waals surface area contributed by atoms with Crippen molar-refractivity contribution in [3.63, 3.8) is 0 Å². The van der Waals surface area contributed by atoms with Crippen LogP contribution in [-0.4, -0.2) is 20.3 Å². The molecule has 0 aromatic heterocycles. The maximum absolute atomic E-state index is 5.82. The molecule has 0 amide bonds. The molecule has 0 spiro atoms. The van der Waals surface area contributed by atoms with Gasteiger partial charge in [0, 0.05) is 6.54 Å². The fourth-order valence-corrected chi connectivity index (χ4v) is 2.24. The number of ether oxygens (including phenoxy) is 2. The predicted molar refractivity (Wildman–Crippen MR) is 86.1 cm³/mol. The average molecular weight is 285 g/mol. The third-order valence-corrected chi connectivity index (χ3v) is 3.31. The SMILES string of the molecule is CNCc1ccc(OCCOc2c(C)cccc2C)cc1. The van der Waals surface area contributed by atoms with Gasteiger partial charge in [-0.3, -0.25) is 0 Å². The van der Waals surface area contributed by atoms with Crippen LogP contribution >= 0.6 is 0 Å². The minimum absolute atomic E-state index is 0.541. The van der Waals surface area contributed by atoms with Gasteiger partial charge in [-0.25, -0.2) is 0 Å². The third-order valence-electron chi connectivity index (χ3n) is 3.31. The van der Waals surface area contributed by atoms with Crippen molar-refractivity contribution in [3.8, 4) is 11.5 Å². The summed E-state index contributed by atoms with van der Waals surface area (Å²) in [6.45, 7) is 6.08. The van der Waals surface area contributed by atoms with Crippen LogP contribution in [-0.2, 0) is 6.54 Å². The van der Waals surface area contributed by atoms with Crippen molar-refractivity contribution >= 4 is 0 Å². The molecular weight excluding hydrogens is 262 g/mol. The Morgan fingerprint density at radius 1 is 0.857 bits per heavy atom. The maximum atomic E-state index is 5.82. The fourth-order valence-electron chi connectivity index (χ4n) is 2.24. The molecule has 0 heterocycles. The molecule has 2 aromatic rings. The van der Waals surface area contributed by atoms with Gasteiger partial charge in [0.2, 0.25) is 0 Å². The molecule has 2 rings (SSSR count). The van der Waals surface area contributed by atoms with E-state index in [1.165, 1.54) is 5.56 Å². The van der Waals surface area contributed by atoms with Gasteiger partial charge in [0.15, 0.2) is 0 Å². The van der Waals surface area contributed by atoms with Crippen molar-refractivity contribution < 1.29 is 9.47 Å². The molecule has 112 valence electrons. The van der Waals surface area contributed by atoms with Crippen molar-refractivity contribution in [2.24, 2.45) is 0 Å². The Bertz CT molecular complexity index is 544. The standard InChI is InChI=1S/C18H23NO2/c1-14-5-4-6-15(2)18(14)21-12-11-20-17-9-7-16(8-10-17)13-19-3/h4-10,19H,11-13H2,1-3H3. The second kappa shape index (κ2) is 7.70. The molecule has 0 aliphatic carbocycles. The Kier molecular flexibility index (Phi) is 5.64. The Hall–Kier alpha value is -2.00. The fraction of sp³-hybridized carbons (Fsp3) is 0.333. The minimum Gasteiger partial charge on any atom is -0.490 e. The largest absolute Gasteiger partial charge is 0.490 e. The summed E-state index contributed by atoms with van der Waals surface area (Å²) >= 11 is 0. The molecule has 0 bridgehead atoms. The number of hydrogen-bond acceptors (Lipinski definition) is 3. The Balaban J connectivity index is 1.79. The zero-order chi connectivity index (χ0) is 15.1. The predicted octanol–water partition coefficient (Wildman–Crippen LogP) is 3.48. The molecule has 2 aromatic carbocycles. The van der Waals surface area contributed by atoms with Crippen molar-refractivity contribution in [3.05, 3.63) is 59.2 Å². The molecule has 1 N–H and O–H groups in total. The van der Waals surface area contributed by atoms with E-state index in [2.05, 4.69) is 43.4 Å². The van der Waals surface area contributed by atoms with E-state index in [-0.39, 0.29) is 0 Å². The summed E-state index contributed by atoms with van der Waals surface area (Å²) in [5.74, 6) is 1.84. The number of nitrogens with one attached hydrogen (secondary N) is 1. The molecule has 0 unspecified atom stereocenters. The van der Waals surface area contributed by atoms with Gasteiger partial charge in [0.05, 0.1) is 0 Å². The molecule has 0 atom stereocenters. The first-order valence-electron chi connectivity index (χ1n) is 7.26. The van der Waals surface area contributed by atoms with Crippen molar-refractivity contribution in [2.75, 3.05) is 20.3 Å². The monoisotopic (exact) mass is 285 g/mol. The molecular formula is C18H23NO2. The van der Waals surface area contributed by atoms with E-state index in [4.69, 9.17) is 9.47 Å². The molecule has 0 saturated heterocycles. The Labute approximate surface area is 126 Å². The van der Waals surface area contributed by atoms with Gasteiger partial charge < -0.3 is 14.8 Å². The number of para-hydroxylation sites is 1. The highest BCUT2D eigenvalue weighted by Gasteiger charge is 2.03. The smallest absolute Gasteiger partial charge is 0.125 e. The van der Waals surface area contributed by atoms with Gasteiger partial charge in [0.1, 0.15) is 24.7 Å². The van der Waals surface area contributed by atoms with Crippen LogP contribution in [0.3, 0.4) is 0 Å². The molecule has 0 aliphatic rings. The molecule has 0 aliphatic heterocycles. The number of rotatable bonds is 7. The van der Waals surface area contributed by atoms with Gasteiger partial charge >= 0.3 is 0 Å². The van der Waals surface area contributed by atoms with Crippen LogP contribution in [0.2, 0.25) is 0 Å². The Morgan fingerprint density at radius 2 is 1.48 bits per heavy atom. The van der Waals surface area contributed by atoms with E-state index in [1.54, 1.807) is 0 Å². The highest BCUT2D eigenvalue weighted by Crippen LogP contribution is 2.22. The summed E-state index contributed by atoms with van der Waals surface area (Å²) in [5, 5.41) is 3.12. The van der Waals surface area contributed by atoms with Gasteiger partial charge in [-0.15, -0.1) is 0 Å². The van der Waals surface area contributed by atoms with E-state index in [1.807, 2.05) is 25.2 Å². The zero-order valence-electron chi connectivity index (χ0n) is 13.0. The van der Waals surface area contributed by atoms with E-state index in [0.717, 1.165) is 29.2 Å². The first kappa shape index (κ1) is 15.4. The summed E-state index contributed by atoms with van der Waals surface area (Å²) in [5.41, 5.74) is 3.56. The van der Waals surface area contributed by atoms with E-state index < -0.39 is 0 Å². The summed E-state index contributed by atoms with van der Waals surface area (Å²) in [6, 6.07) is 14.3. The van der Waals surface area contributed by atoms with E-state index in [9.17, 15) is 0 Å².